The number of aryl methyl sites for hydroxylation is 1. The van der Waals surface area contributed by atoms with Gasteiger partial charge in [0.05, 0.1) is 0 Å². The molecular formula is C20H30N2O2S2. The van der Waals surface area contributed by atoms with Crippen molar-refractivity contribution in [2.45, 2.75) is 61.6 Å². The summed E-state index contributed by atoms with van der Waals surface area (Å²) < 4.78 is 29.2. The van der Waals surface area contributed by atoms with E-state index in [0.717, 1.165) is 38.5 Å². The second kappa shape index (κ2) is 10.2. The molecule has 26 heavy (non-hydrogen) atoms. The van der Waals surface area contributed by atoms with Gasteiger partial charge in [-0.15, -0.1) is 11.3 Å². The third-order valence-electron chi connectivity index (χ3n) is 4.73. The number of sulfonamides is 1. The van der Waals surface area contributed by atoms with E-state index >= 15 is 0 Å². The highest BCUT2D eigenvalue weighted by Crippen LogP contribution is 2.29. The van der Waals surface area contributed by atoms with Crippen LogP contribution in [0.3, 0.4) is 0 Å². The Labute approximate surface area is 161 Å². The van der Waals surface area contributed by atoms with E-state index in [9.17, 15) is 8.42 Å². The fourth-order valence-electron chi connectivity index (χ4n) is 3.30. The van der Waals surface area contributed by atoms with Crippen molar-refractivity contribution in [3.63, 3.8) is 0 Å². The van der Waals surface area contributed by atoms with Gasteiger partial charge >= 0.3 is 0 Å². The highest BCUT2D eigenvalue weighted by atomic mass is 32.2. The first-order chi connectivity index (χ1) is 12.5. The van der Waals surface area contributed by atoms with Crippen molar-refractivity contribution >= 4 is 21.4 Å². The standard InChI is InChI=1S/C20H30N2O2S2/c1-2-3-7-13-20(15-16-21,14-12-18-9-5-4-6-10-18)22-26(23,24)19-11-8-17-25-19/h4-6,8-11,17,22H,2-3,7,12-16,21H2,1H3. The van der Waals surface area contributed by atoms with E-state index < -0.39 is 15.6 Å². The zero-order valence-electron chi connectivity index (χ0n) is 15.5. The van der Waals surface area contributed by atoms with Gasteiger partial charge in [0.25, 0.3) is 10.0 Å². The molecule has 144 valence electrons. The van der Waals surface area contributed by atoms with Crippen molar-refractivity contribution in [1.29, 1.82) is 0 Å². The van der Waals surface area contributed by atoms with Crippen LogP contribution in [0.25, 0.3) is 0 Å². The molecule has 0 aliphatic heterocycles. The predicted molar refractivity (Wildman–Crippen MR) is 110 cm³/mol. The molecule has 1 heterocycles. The third kappa shape index (κ3) is 6.20. The first-order valence-electron chi connectivity index (χ1n) is 9.33. The molecule has 0 fully saturated rings. The number of thiophene rings is 1. The highest BCUT2D eigenvalue weighted by Gasteiger charge is 2.34. The minimum Gasteiger partial charge on any atom is -0.330 e. The average Bonchev–Trinajstić information content (AvgIpc) is 3.17. The number of hydrogen-bond acceptors (Lipinski definition) is 4. The molecule has 0 aliphatic rings. The van der Waals surface area contributed by atoms with Crippen LogP contribution in [0.5, 0.6) is 0 Å². The van der Waals surface area contributed by atoms with E-state index in [1.165, 1.54) is 16.9 Å². The second-order valence-corrected chi connectivity index (χ2v) is 9.66. The SMILES string of the molecule is CCCCCC(CCN)(CCc1ccccc1)NS(=O)(=O)c1cccs1. The number of hydrogen-bond donors (Lipinski definition) is 2. The number of benzene rings is 1. The van der Waals surface area contributed by atoms with E-state index in [-0.39, 0.29) is 0 Å². The van der Waals surface area contributed by atoms with Crippen LogP contribution in [-0.4, -0.2) is 20.5 Å². The number of unbranched alkanes of at least 4 members (excludes halogenated alkanes) is 2. The van der Waals surface area contributed by atoms with Crippen LogP contribution in [-0.2, 0) is 16.4 Å². The maximum Gasteiger partial charge on any atom is 0.250 e. The lowest BCUT2D eigenvalue weighted by atomic mass is 9.84. The van der Waals surface area contributed by atoms with Gasteiger partial charge in [0.1, 0.15) is 4.21 Å². The molecule has 2 aromatic rings. The molecule has 2 rings (SSSR count). The predicted octanol–water partition coefficient (Wildman–Crippen LogP) is 4.33. The van der Waals surface area contributed by atoms with Crippen molar-refractivity contribution in [1.82, 2.24) is 4.72 Å². The van der Waals surface area contributed by atoms with E-state index in [1.807, 2.05) is 18.2 Å². The summed E-state index contributed by atoms with van der Waals surface area (Å²) in [5.41, 5.74) is 6.62. The fraction of sp³-hybridized carbons (Fsp3) is 0.500. The van der Waals surface area contributed by atoms with Gasteiger partial charge in [-0.25, -0.2) is 13.1 Å². The molecule has 0 amide bonds. The molecule has 0 aliphatic carbocycles. The summed E-state index contributed by atoms with van der Waals surface area (Å²) >= 11 is 1.25. The van der Waals surface area contributed by atoms with Crippen molar-refractivity contribution in [2.75, 3.05) is 6.54 Å². The summed E-state index contributed by atoms with van der Waals surface area (Å²) in [5, 5.41) is 1.79. The minimum absolute atomic E-state index is 0.370. The third-order valence-corrected chi connectivity index (χ3v) is 7.70. The highest BCUT2D eigenvalue weighted by molar-refractivity contribution is 7.91. The summed E-state index contributed by atoms with van der Waals surface area (Å²) in [4.78, 5) is 0. The van der Waals surface area contributed by atoms with Crippen LogP contribution in [0.15, 0.2) is 52.1 Å². The Bertz CT molecular complexity index is 730. The Kier molecular flexibility index (Phi) is 8.28. The Morgan fingerprint density at radius 2 is 1.81 bits per heavy atom. The number of rotatable bonds is 12. The molecule has 1 atom stereocenters. The monoisotopic (exact) mass is 394 g/mol. The molecule has 0 saturated heterocycles. The Morgan fingerprint density at radius 1 is 1.04 bits per heavy atom. The van der Waals surface area contributed by atoms with Gasteiger partial charge in [0.15, 0.2) is 0 Å². The lowest BCUT2D eigenvalue weighted by molar-refractivity contribution is 0.299. The van der Waals surface area contributed by atoms with E-state index in [4.69, 9.17) is 5.73 Å². The maximum atomic E-state index is 12.9. The van der Waals surface area contributed by atoms with Crippen LogP contribution >= 0.6 is 11.3 Å². The van der Waals surface area contributed by atoms with Crippen molar-refractivity contribution in [3.05, 3.63) is 53.4 Å². The zero-order chi connectivity index (χ0) is 18.9. The number of nitrogens with two attached hydrogens (primary N) is 1. The first kappa shape index (κ1) is 21.1. The van der Waals surface area contributed by atoms with E-state index in [2.05, 4.69) is 23.8 Å². The molecule has 0 saturated carbocycles. The van der Waals surface area contributed by atoms with Gasteiger partial charge in [-0.1, -0.05) is 62.6 Å². The van der Waals surface area contributed by atoms with Gasteiger partial charge in [-0.05, 0) is 49.2 Å². The lowest BCUT2D eigenvalue weighted by Gasteiger charge is -2.34. The van der Waals surface area contributed by atoms with Gasteiger partial charge < -0.3 is 5.73 Å². The summed E-state index contributed by atoms with van der Waals surface area (Å²) in [6, 6.07) is 13.6. The molecule has 0 spiro atoms. The molecule has 4 nitrogen and oxygen atoms in total. The molecule has 6 heteroatoms. The normalized spacial score (nSPS) is 14.2. The van der Waals surface area contributed by atoms with Crippen LogP contribution in [0, 0.1) is 0 Å². The molecule has 1 aromatic heterocycles. The topological polar surface area (TPSA) is 72.2 Å². The Hall–Kier alpha value is -1.21. The minimum atomic E-state index is -3.53. The van der Waals surface area contributed by atoms with E-state index in [1.54, 1.807) is 17.5 Å². The number of nitrogens with one attached hydrogen (secondary N) is 1. The Morgan fingerprint density at radius 3 is 2.42 bits per heavy atom. The van der Waals surface area contributed by atoms with Crippen LogP contribution in [0.1, 0.15) is 51.0 Å². The quantitative estimate of drug-likeness (QED) is 0.526. The van der Waals surface area contributed by atoms with Crippen LogP contribution in [0.4, 0.5) is 0 Å². The van der Waals surface area contributed by atoms with Gasteiger partial charge in [-0.2, -0.15) is 0 Å². The van der Waals surface area contributed by atoms with Gasteiger partial charge in [-0.3, -0.25) is 0 Å². The molecule has 1 unspecified atom stereocenters. The Balaban J connectivity index is 2.22. The van der Waals surface area contributed by atoms with Crippen LogP contribution < -0.4 is 10.5 Å². The second-order valence-electron chi connectivity index (χ2n) is 6.80. The van der Waals surface area contributed by atoms with Crippen molar-refractivity contribution in [2.24, 2.45) is 5.73 Å². The largest absolute Gasteiger partial charge is 0.330 e. The summed E-state index contributed by atoms with van der Waals surface area (Å²) in [5.74, 6) is 0. The lowest BCUT2D eigenvalue weighted by Crippen LogP contribution is -2.49. The average molecular weight is 395 g/mol. The molecule has 3 N–H and O–H groups in total. The molecular weight excluding hydrogens is 364 g/mol. The first-order valence-corrected chi connectivity index (χ1v) is 11.7. The molecule has 1 aromatic carbocycles. The summed E-state index contributed by atoms with van der Waals surface area (Å²) in [7, 11) is -3.53. The fourth-order valence-corrected chi connectivity index (χ4v) is 5.78. The maximum absolute atomic E-state index is 12.9. The van der Waals surface area contributed by atoms with Crippen molar-refractivity contribution < 1.29 is 8.42 Å². The van der Waals surface area contributed by atoms with Crippen LogP contribution in [0.2, 0.25) is 0 Å². The molecule has 0 bridgehead atoms. The smallest absolute Gasteiger partial charge is 0.250 e. The zero-order valence-corrected chi connectivity index (χ0v) is 17.1. The summed E-state index contributed by atoms with van der Waals surface area (Å²) in [6.45, 7) is 2.62. The van der Waals surface area contributed by atoms with E-state index in [0.29, 0.717) is 17.2 Å². The van der Waals surface area contributed by atoms with Crippen molar-refractivity contribution in [3.8, 4) is 0 Å². The van der Waals surface area contributed by atoms with Gasteiger partial charge in [0.2, 0.25) is 0 Å². The van der Waals surface area contributed by atoms with Gasteiger partial charge in [0, 0.05) is 5.54 Å². The molecule has 0 radical (unpaired) electrons. The summed E-state index contributed by atoms with van der Waals surface area (Å²) in [6.07, 6.45) is 6.25.